The van der Waals surface area contributed by atoms with E-state index >= 15 is 0 Å². The van der Waals surface area contributed by atoms with Crippen LogP contribution >= 0.6 is 11.3 Å². The molecular weight excluding hydrogens is 542 g/mol. The number of thiazole rings is 1. The van der Waals surface area contributed by atoms with Gasteiger partial charge < -0.3 is 29.9 Å². The molecule has 2 aliphatic heterocycles. The highest BCUT2D eigenvalue weighted by Gasteiger charge is 2.43. The molecule has 41 heavy (non-hydrogen) atoms. The first-order chi connectivity index (χ1) is 19.7. The number of carbonyl (C=O) groups excluding carboxylic acids is 2. The largest absolute Gasteiger partial charge is 0.472 e. The molecule has 0 radical (unpaired) electrons. The Bertz CT molecular complexity index is 1330. The van der Waals surface area contributed by atoms with Crippen LogP contribution in [-0.2, 0) is 9.59 Å². The molecule has 0 saturated carbocycles. The second-order valence-electron chi connectivity index (χ2n) is 11.4. The minimum absolute atomic E-state index is 0.0548. The Morgan fingerprint density at radius 2 is 1.93 bits per heavy atom. The molecule has 0 bridgehead atoms. The fourth-order valence-corrected chi connectivity index (χ4v) is 6.48. The van der Waals surface area contributed by atoms with Crippen LogP contribution in [0.25, 0.3) is 10.4 Å². The van der Waals surface area contributed by atoms with Crippen LogP contribution in [-0.4, -0.2) is 69.8 Å². The minimum atomic E-state index is -0.784. The van der Waals surface area contributed by atoms with Crippen LogP contribution in [0.3, 0.4) is 0 Å². The summed E-state index contributed by atoms with van der Waals surface area (Å²) < 4.78 is 11.6. The van der Waals surface area contributed by atoms with Gasteiger partial charge in [0.15, 0.2) is 5.76 Å². The standard InChI is InChI=1S/C30H39N5O5S/c1-17(2)27(25-14-26(34-40-25)39-23-9-11-31-12-10-23)30(38)35-15-22(36)13-24(35)29(37)33-18(3)20-5-7-21(8-6-20)28-19(4)32-16-41-28/h5-8,14,16-18,22-24,27,31,36H,9-13,15H2,1-4H3,(H,33,37)/t18?,22-,24+,27?/m1/s1. The molecule has 3 aromatic rings. The number of nitrogens with zero attached hydrogens (tertiary/aromatic N) is 3. The van der Waals surface area contributed by atoms with Gasteiger partial charge in [0.2, 0.25) is 11.8 Å². The predicted octanol–water partition coefficient (Wildman–Crippen LogP) is 3.82. The Morgan fingerprint density at radius 3 is 2.59 bits per heavy atom. The number of hydrogen-bond donors (Lipinski definition) is 3. The molecule has 0 aliphatic carbocycles. The number of benzene rings is 1. The number of rotatable bonds is 9. The van der Waals surface area contributed by atoms with Gasteiger partial charge in [0.25, 0.3) is 5.88 Å². The molecule has 0 spiro atoms. The zero-order valence-electron chi connectivity index (χ0n) is 24.0. The van der Waals surface area contributed by atoms with Crippen molar-refractivity contribution in [3.63, 3.8) is 0 Å². The topological polar surface area (TPSA) is 130 Å². The van der Waals surface area contributed by atoms with Crippen molar-refractivity contribution in [3.05, 3.63) is 52.9 Å². The molecule has 4 heterocycles. The number of likely N-dealkylation sites (tertiary alicyclic amines) is 1. The highest BCUT2D eigenvalue weighted by atomic mass is 32.1. The number of aliphatic hydroxyl groups excluding tert-OH is 1. The number of carbonyl (C=O) groups is 2. The van der Waals surface area contributed by atoms with E-state index in [2.05, 4.69) is 20.8 Å². The van der Waals surface area contributed by atoms with Crippen molar-refractivity contribution in [2.45, 2.75) is 77.2 Å². The van der Waals surface area contributed by atoms with Crippen LogP contribution in [0.4, 0.5) is 0 Å². The van der Waals surface area contributed by atoms with Crippen molar-refractivity contribution >= 4 is 23.2 Å². The van der Waals surface area contributed by atoms with Crippen LogP contribution in [0, 0.1) is 12.8 Å². The molecule has 4 atom stereocenters. The third-order valence-electron chi connectivity index (χ3n) is 7.96. The summed E-state index contributed by atoms with van der Waals surface area (Å²) in [6.07, 6.45) is 1.21. The molecule has 1 aromatic carbocycles. The maximum absolute atomic E-state index is 13.9. The van der Waals surface area contributed by atoms with Gasteiger partial charge in [-0.25, -0.2) is 4.98 Å². The van der Waals surface area contributed by atoms with E-state index in [1.165, 1.54) is 4.90 Å². The van der Waals surface area contributed by atoms with Gasteiger partial charge in [0.05, 0.1) is 28.2 Å². The van der Waals surface area contributed by atoms with Crippen LogP contribution in [0.2, 0.25) is 0 Å². The van der Waals surface area contributed by atoms with Crippen molar-refractivity contribution < 1.29 is 24.0 Å². The molecule has 3 N–H and O–H groups in total. The van der Waals surface area contributed by atoms with Gasteiger partial charge in [-0.1, -0.05) is 38.1 Å². The van der Waals surface area contributed by atoms with E-state index < -0.39 is 18.1 Å². The smallest absolute Gasteiger partial charge is 0.254 e. The van der Waals surface area contributed by atoms with Gasteiger partial charge in [-0.05, 0) is 62.0 Å². The highest BCUT2D eigenvalue weighted by molar-refractivity contribution is 7.13. The lowest BCUT2D eigenvalue weighted by Crippen LogP contribution is -2.48. The molecule has 5 rings (SSSR count). The van der Waals surface area contributed by atoms with Gasteiger partial charge >= 0.3 is 0 Å². The van der Waals surface area contributed by atoms with E-state index in [0.29, 0.717) is 11.6 Å². The molecular formula is C30H39N5O5S. The van der Waals surface area contributed by atoms with Gasteiger partial charge in [0.1, 0.15) is 18.1 Å². The SMILES string of the molecule is Cc1ncsc1-c1ccc(C(C)NC(=O)[C@@H]2C[C@@H](O)CN2C(=O)C(c2cc(OC3CCNCC3)no2)C(C)C)cc1. The molecule has 2 fully saturated rings. The third kappa shape index (κ3) is 6.63. The van der Waals surface area contributed by atoms with E-state index in [4.69, 9.17) is 9.26 Å². The average Bonchev–Trinajstić information content (AvgIpc) is 3.69. The fraction of sp³-hybridized carbons (Fsp3) is 0.533. The lowest BCUT2D eigenvalue weighted by molar-refractivity contribution is -0.141. The maximum Gasteiger partial charge on any atom is 0.254 e. The Hall–Kier alpha value is -3.28. The Balaban J connectivity index is 1.26. The summed E-state index contributed by atoms with van der Waals surface area (Å²) in [7, 11) is 0. The summed E-state index contributed by atoms with van der Waals surface area (Å²) >= 11 is 1.60. The van der Waals surface area contributed by atoms with E-state index in [-0.39, 0.29) is 42.8 Å². The summed E-state index contributed by atoms with van der Waals surface area (Å²) in [5, 5.41) is 20.9. The number of piperidine rings is 1. The number of amides is 2. The molecule has 10 nitrogen and oxygen atoms in total. The lowest BCUT2D eigenvalue weighted by atomic mass is 9.91. The zero-order valence-corrected chi connectivity index (χ0v) is 24.8. The number of aromatic nitrogens is 2. The van der Waals surface area contributed by atoms with Crippen LogP contribution in [0.1, 0.15) is 69.0 Å². The summed E-state index contributed by atoms with van der Waals surface area (Å²) in [5.74, 6) is -0.569. The summed E-state index contributed by atoms with van der Waals surface area (Å²) in [4.78, 5) is 34.3. The Kier molecular flexibility index (Phi) is 9.06. The number of ether oxygens (including phenoxy) is 1. The Morgan fingerprint density at radius 1 is 1.20 bits per heavy atom. The number of aliphatic hydroxyl groups is 1. The summed E-state index contributed by atoms with van der Waals surface area (Å²) in [6.45, 7) is 9.63. The summed E-state index contributed by atoms with van der Waals surface area (Å²) in [5.41, 5.74) is 4.85. The molecule has 2 aliphatic rings. The van der Waals surface area contributed by atoms with Crippen molar-refractivity contribution in [1.82, 2.24) is 25.7 Å². The van der Waals surface area contributed by atoms with Crippen LogP contribution in [0.5, 0.6) is 5.88 Å². The van der Waals surface area contributed by atoms with E-state index in [1.54, 1.807) is 17.4 Å². The molecule has 2 aromatic heterocycles. The van der Waals surface area contributed by atoms with Gasteiger partial charge in [-0.3, -0.25) is 9.59 Å². The van der Waals surface area contributed by atoms with Gasteiger partial charge in [-0.15, -0.1) is 11.3 Å². The highest BCUT2D eigenvalue weighted by Crippen LogP contribution is 2.33. The normalized spacial score (nSPS) is 21.2. The third-order valence-corrected chi connectivity index (χ3v) is 8.94. The maximum atomic E-state index is 13.9. The molecule has 2 amide bonds. The first kappa shape index (κ1) is 29.2. The molecule has 2 unspecified atom stereocenters. The number of nitrogens with one attached hydrogen (secondary N) is 2. The van der Waals surface area contributed by atoms with Crippen molar-refractivity contribution in [2.24, 2.45) is 5.92 Å². The zero-order chi connectivity index (χ0) is 29.1. The first-order valence-corrected chi connectivity index (χ1v) is 15.2. The van der Waals surface area contributed by atoms with E-state index in [9.17, 15) is 14.7 Å². The average molecular weight is 582 g/mol. The van der Waals surface area contributed by atoms with Crippen molar-refractivity contribution in [2.75, 3.05) is 19.6 Å². The first-order valence-electron chi connectivity index (χ1n) is 14.3. The predicted molar refractivity (Wildman–Crippen MR) is 156 cm³/mol. The number of β-amino-alcohol motifs (C(OH)–C–C–N with tert-alkyl or cyclic N) is 1. The minimum Gasteiger partial charge on any atom is -0.472 e. The monoisotopic (exact) mass is 581 g/mol. The summed E-state index contributed by atoms with van der Waals surface area (Å²) in [6, 6.07) is 8.67. The fourth-order valence-electron chi connectivity index (χ4n) is 5.67. The quantitative estimate of drug-likeness (QED) is 0.348. The second-order valence-corrected chi connectivity index (χ2v) is 12.2. The van der Waals surface area contributed by atoms with Crippen LogP contribution < -0.4 is 15.4 Å². The van der Waals surface area contributed by atoms with E-state index in [0.717, 1.165) is 47.6 Å². The Labute approximate surface area is 244 Å². The molecule has 11 heteroatoms. The van der Waals surface area contributed by atoms with Gasteiger partial charge in [0, 0.05) is 19.0 Å². The number of hydrogen-bond acceptors (Lipinski definition) is 9. The van der Waals surface area contributed by atoms with E-state index in [1.807, 2.05) is 57.5 Å². The van der Waals surface area contributed by atoms with Gasteiger partial charge in [-0.2, -0.15) is 0 Å². The lowest BCUT2D eigenvalue weighted by Gasteiger charge is -2.29. The second kappa shape index (κ2) is 12.7. The molecule has 2 saturated heterocycles. The van der Waals surface area contributed by atoms with Crippen molar-refractivity contribution in [1.29, 1.82) is 0 Å². The molecule has 220 valence electrons. The van der Waals surface area contributed by atoms with Crippen molar-refractivity contribution in [3.8, 4) is 16.3 Å². The van der Waals surface area contributed by atoms with Crippen LogP contribution in [0.15, 0.2) is 40.4 Å². The number of aryl methyl sites for hydroxylation is 1.